The maximum atomic E-state index is 13.4. The zero-order valence-electron chi connectivity index (χ0n) is 16.0. The first-order chi connectivity index (χ1) is 14.2. The van der Waals surface area contributed by atoms with Gasteiger partial charge in [-0.1, -0.05) is 91.0 Å². The Labute approximate surface area is 171 Å². The van der Waals surface area contributed by atoms with Crippen molar-refractivity contribution in [2.45, 2.75) is 0 Å². The molecule has 0 heterocycles. The minimum Gasteiger partial charge on any atom is -0.399 e. The molecule has 2 nitrogen and oxygen atoms in total. The Morgan fingerprint density at radius 3 is 1.34 bits per heavy atom. The van der Waals surface area contributed by atoms with E-state index in [0.717, 1.165) is 15.9 Å². The van der Waals surface area contributed by atoms with Crippen molar-refractivity contribution in [3.05, 3.63) is 121 Å². The molecule has 0 radical (unpaired) electrons. The van der Waals surface area contributed by atoms with Gasteiger partial charge in [0.25, 0.3) is 0 Å². The summed E-state index contributed by atoms with van der Waals surface area (Å²) < 4.78 is 0. The van der Waals surface area contributed by atoms with E-state index in [2.05, 4.69) is 36.4 Å². The van der Waals surface area contributed by atoms with Crippen LogP contribution in [0.25, 0.3) is 0 Å². The zero-order valence-corrected chi connectivity index (χ0v) is 16.9. The minimum absolute atomic E-state index is 0.00916. The summed E-state index contributed by atoms with van der Waals surface area (Å²) in [5.74, 6) is 1.95. The van der Waals surface area contributed by atoms with Crippen LogP contribution >= 0.6 is 6.89 Å². The molecule has 4 aromatic carbocycles. The Balaban J connectivity index is 2.05. The maximum absolute atomic E-state index is 13.4. The Morgan fingerprint density at radius 1 is 0.586 bits per heavy atom. The fourth-order valence-electron chi connectivity index (χ4n) is 3.56. The SMILES string of the molecule is Nc1ccc(C(=O)C=P(c2ccccc2)(c2ccccc2)c2ccccc2)cc1. The van der Waals surface area contributed by atoms with Gasteiger partial charge in [0.2, 0.25) is 0 Å². The molecule has 2 N–H and O–H groups in total. The quantitative estimate of drug-likeness (QED) is 0.312. The van der Waals surface area contributed by atoms with Gasteiger partial charge >= 0.3 is 0 Å². The normalized spacial score (nSPS) is 11.0. The molecule has 0 bridgehead atoms. The van der Waals surface area contributed by atoms with Crippen molar-refractivity contribution in [2.24, 2.45) is 0 Å². The van der Waals surface area contributed by atoms with Gasteiger partial charge in [0.15, 0.2) is 5.78 Å². The van der Waals surface area contributed by atoms with E-state index >= 15 is 0 Å². The van der Waals surface area contributed by atoms with Gasteiger partial charge in [0, 0.05) is 11.3 Å². The number of carbonyl (C=O) groups excluding carboxylic acids is 1. The number of hydrogen-bond acceptors (Lipinski definition) is 2. The number of Topliss-reactive ketones (excluding diaryl/α,β-unsaturated/α-hetero) is 1. The molecule has 0 aromatic heterocycles. The minimum atomic E-state index is -2.29. The third-order valence-corrected chi connectivity index (χ3v) is 8.96. The summed E-state index contributed by atoms with van der Waals surface area (Å²) in [7, 11) is 0. The number of hydrogen-bond donors (Lipinski definition) is 1. The summed E-state index contributed by atoms with van der Waals surface area (Å²) in [6, 6.07) is 38.2. The molecule has 4 aromatic rings. The van der Waals surface area contributed by atoms with Gasteiger partial charge in [-0.15, -0.1) is 0 Å². The lowest BCUT2D eigenvalue weighted by Crippen LogP contribution is -2.28. The van der Waals surface area contributed by atoms with E-state index in [1.165, 1.54) is 0 Å². The van der Waals surface area contributed by atoms with Gasteiger partial charge in [0.05, 0.1) is 0 Å². The average Bonchev–Trinajstić information content (AvgIpc) is 2.79. The van der Waals surface area contributed by atoms with Crippen molar-refractivity contribution in [2.75, 3.05) is 5.73 Å². The number of carbonyl (C=O) groups is 1. The van der Waals surface area contributed by atoms with Crippen LogP contribution in [0.4, 0.5) is 5.69 Å². The van der Waals surface area contributed by atoms with E-state index in [1.54, 1.807) is 24.3 Å². The van der Waals surface area contributed by atoms with Crippen molar-refractivity contribution in [1.29, 1.82) is 0 Å². The van der Waals surface area contributed by atoms with E-state index in [1.807, 2.05) is 60.4 Å². The zero-order chi connectivity index (χ0) is 20.1. The molecule has 0 spiro atoms. The van der Waals surface area contributed by atoms with E-state index < -0.39 is 6.89 Å². The van der Waals surface area contributed by atoms with Crippen molar-refractivity contribution < 1.29 is 4.79 Å². The number of nitrogen functional groups attached to an aromatic ring is 1. The van der Waals surface area contributed by atoms with Crippen molar-refractivity contribution in [1.82, 2.24) is 0 Å². The highest BCUT2D eigenvalue weighted by molar-refractivity contribution is 7.95. The Bertz CT molecular complexity index is 1050. The second-order valence-electron chi connectivity index (χ2n) is 6.84. The Kier molecular flexibility index (Phi) is 5.46. The molecule has 0 aliphatic rings. The molecule has 0 amide bonds. The second kappa shape index (κ2) is 8.34. The number of nitrogens with two attached hydrogens (primary N) is 1. The smallest absolute Gasteiger partial charge is 0.186 e. The third-order valence-electron chi connectivity index (χ3n) is 5.00. The lowest BCUT2D eigenvalue weighted by molar-refractivity contribution is 0.107. The predicted octanol–water partition coefficient (Wildman–Crippen LogP) is 4.25. The number of ketones is 1. The molecule has 0 aliphatic carbocycles. The molecule has 0 aliphatic heterocycles. The Hall–Kier alpha value is -3.35. The Morgan fingerprint density at radius 2 is 0.966 bits per heavy atom. The molecule has 4 rings (SSSR count). The van der Waals surface area contributed by atoms with Crippen molar-refractivity contribution in [3.63, 3.8) is 0 Å². The molecular formula is C26H22NOP. The largest absolute Gasteiger partial charge is 0.399 e. The summed E-state index contributed by atoms with van der Waals surface area (Å²) >= 11 is 0. The molecule has 0 saturated heterocycles. The highest BCUT2D eigenvalue weighted by atomic mass is 31.2. The molecule has 142 valence electrons. The van der Waals surface area contributed by atoms with Crippen LogP contribution in [-0.4, -0.2) is 11.6 Å². The average molecular weight is 395 g/mol. The fourth-order valence-corrected chi connectivity index (χ4v) is 7.33. The van der Waals surface area contributed by atoms with Crippen LogP contribution in [0.3, 0.4) is 0 Å². The van der Waals surface area contributed by atoms with Gasteiger partial charge in [0.1, 0.15) is 0 Å². The summed E-state index contributed by atoms with van der Waals surface area (Å²) in [6.07, 6.45) is 0. The van der Waals surface area contributed by atoms with Gasteiger partial charge in [-0.3, -0.25) is 4.79 Å². The van der Waals surface area contributed by atoms with Crippen LogP contribution in [-0.2, 0) is 0 Å². The van der Waals surface area contributed by atoms with E-state index in [0.29, 0.717) is 11.3 Å². The van der Waals surface area contributed by atoms with Crippen LogP contribution in [0.15, 0.2) is 115 Å². The van der Waals surface area contributed by atoms with E-state index in [9.17, 15) is 4.79 Å². The third kappa shape index (κ3) is 3.81. The number of anilines is 1. The first kappa shape index (κ1) is 19.0. The summed E-state index contributed by atoms with van der Waals surface area (Å²) in [5, 5.41) is 3.46. The van der Waals surface area contributed by atoms with Crippen molar-refractivity contribution >= 4 is 40.1 Å². The van der Waals surface area contributed by atoms with E-state index in [4.69, 9.17) is 5.73 Å². The van der Waals surface area contributed by atoms with Gasteiger partial charge in [-0.25, -0.2) is 0 Å². The van der Waals surface area contributed by atoms with Crippen LogP contribution in [0.2, 0.25) is 0 Å². The molecule has 0 saturated carbocycles. The topological polar surface area (TPSA) is 43.1 Å². The monoisotopic (exact) mass is 395 g/mol. The molecule has 29 heavy (non-hydrogen) atoms. The molecular weight excluding hydrogens is 373 g/mol. The van der Waals surface area contributed by atoms with E-state index in [-0.39, 0.29) is 5.78 Å². The van der Waals surface area contributed by atoms with Crippen LogP contribution in [0.5, 0.6) is 0 Å². The lowest BCUT2D eigenvalue weighted by Gasteiger charge is -2.28. The van der Waals surface area contributed by atoms with Crippen LogP contribution in [0.1, 0.15) is 10.4 Å². The predicted molar refractivity (Wildman–Crippen MR) is 126 cm³/mol. The second-order valence-corrected chi connectivity index (χ2v) is 10.1. The van der Waals surface area contributed by atoms with Gasteiger partial charge in [-0.2, -0.15) is 0 Å². The summed E-state index contributed by atoms with van der Waals surface area (Å²) in [4.78, 5) is 13.4. The first-order valence-electron chi connectivity index (χ1n) is 9.51. The molecule has 0 unspecified atom stereocenters. The highest BCUT2D eigenvalue weighted by Crippen LogP contribution is 2.43. The standard InChI is InChI=1S/C26H22NOP/c27-22-18-16-21(17-19-22)26(28)20-29(23-10-4-1-5-11-23,24-12-6-2-7-13-24)25-14-8-3-9-15-25/h1-20H,27H2. The summed E-state index contributed by atoms with van der Waals surface area (Å²) in [5.41, 5.74) is 7.11. The molecule has 3 heteroatoms. The number of rotatable bonds is 5. The van der Waals surface area contributed by atoms with Crippen LogP contribution in [0, 0.1) is 0 Å². The molecule has 0 atom stereocenters. The maximum Gasteiger partial charge on any atom is 0.186 e. The fraction of sp³-hybridized carbons (Fsp3) is 0. The van der Waals surface area contributed by atoms with Gasteiger partial charge in [-0.05, 0) is 52.9 Å². The first-order valence-corrected chi connectivity index (χ1v) is 11.4. The highest BCUT2D eigenvalue weighted by Gasteiger charge is 2.26. The number of benzene rings is 4. The van der Waals surface area contributed by atoms with Gasteiger partial charge < -0.3 is 5.73 Å². The summed E-state index contributed by atoms with van der Waals surface area (Å²) in [6.45, 7) is -2.29. The van der Waals surface area contributed by atoms with Crippen LogP contribution < -0.4 is 21.6 Å². The molecule has 0 fully saturated rings. The lowest BCUT2D eigenvalue weighted by atomic mass is 10.1. The van der Waals surface area contributed by atoms with Crippen molar-refractivity contribution in [3.8, 4) is 0 Å².